The summed E-state index contributed by atoms with van der Waals surface area (Å²) in [6.07, 6.45) is -2.80. The Morgan fingerprint density at radius 3 is 2.62 bits per heavy atom. The summed E-state index contributed by atoms with van der Waals surface area (Å²) in [6, 6.07) is 1.52. The molecule has 1 aromatic heterocycles. The van der Waals surface area contributed by atoms with Crippen LogP contribution >= 0.6 is 0 Å². The summed E-state index contributed by atoms with van der Waals surface area (Å²) in [5.74, 6) is 0.0966. The smallest absolute Gasteiger partial charge is 0.170 e. The van der Waals surface area contributed by atoms with Crippen LogP contribution in [0.3, 0.4) is 0 Å². The number of aromatic amines is 1. The number of H-pyrrole nitrogens is 1. The summed E-state index contributed by atoms with van der Waals surface area (Å²) in [4.78, 5) is 0. The van der Waals surface area contributed by atoms with E-state index in [1.807, 2.05) is 0 Å². The zero-order valence-corrected chi connectivity index (χ0v) is 7.02. The molecule has 0 bridgehead atoms. The number of nitrogen functional groups attached to an aromatic ring is 1. The highest BCUT2D eigenvalue weighted by molar-refractivity contribution is 5.44. The van der Waals surface area contributed by atoms with Crippen LogP contribution in [0.2, 0.25) is 0 Å². The molecule has 0 aliphatic carbocycles. The Bertz CT molecular complexity index is 321. The van der Waals surface area contributed by atoms with E-state index in [-0.39, 0.29) is 11.4 Å². The lowest BCUT2D eigenvalue weighted by Crippen LogP contribution is -2.17. The number of nitriles is 1. The fourth-order valence-electron chi connectivity index (χ4n) is 1.06. The second-order valence-corrected chi connectivity index (χ2v) is 2.67. The maximum atomic E-state index is 9.43. The molecule has 0 aliphatic heterocycles. The van der Waals surface area contributed by atoms with Crippen LogP contribution in [0.4, 0.5) is 5.82 Å². The molecule has 0 aromatic carbocycles. The fourth-order valence-corrected chi connectivity index (χ4v) is 1.06. The Hall–Kier alpha value is -1.58. The average Bonchev–Trinajstić information content (AvgIpc) is 2.44. The Balaban J connectivity index is 3.02. The van der Waals surface area contributed by atoms with Crippen molar-refractivity contribution in [2.75, 3.05) is 5.73 Å². The molecule has 2 unspecified atom stereocenters. The van der Waals surface area contributed by atoms with Gasteiger partial charge >= 0.3 is 0 Å². The number of hydrogen-bond acceptors (Lipinski definition) is 5. The number of nitrogens with two attached hydrogens (primary N) is 1. The first-order chi connectivity index (χ1) is 6.07. The molecule has 1 rings (SSSR count). The molecule has 70 valence electrons. The van der Waals surface area contributed by atoms with E-state index in [2.05, 4.69) is 10.2 Å². The largest absolute Gasteiger partial charge is 0.384 e. The van der Waals surface area contributed by atoms with Crippen molar-refractivity contribution in [1.29, 1.82) is 5.26 Å². The summed E-state index contributed by atoms with van der Waals surface area (Å²) in [5.41, 5.74) is 6.23. The van der Waals surface area contributed by atoms with Crippen LogP contribution in [0.25, 0.3) is 0 Å². The predicted octanol–water partition coefficient (Wildman–Crippen LogP) is -0.782. The lowest BCUT2D eigenvalue weighted by Gasteiger charge is -2.11. The Morgan fingerprint density at radius 2 is 2.23 bits per heavy atom. The van der Waals surface area contributed by atoms with Crippen molar-refractivity contribution in [2.45, 2.75) is 19.1 Å². The molecular formula is C7H10N4O2. The number of rotatable bonds is 2. The standard InChI is InChI=1S/C7H10N4O2/c1-3-5(7(9)11-10-3)6(13)4(12)2-8/h4,6,12-13H,1H3,(H3,9,10,11). The van der Waals surface area contributed by atoms with Crippen LogP contribution in [0.1, 0.15) is 17.4 Å². The molecule has 6 heteroatoms. The highest BCUT2D eigenvalue weighted by atomic mass is 16.3. The van der Waals surface area contributed by atoms with Crippen molar-refractivity contribution < 1.29 is 10.2 Å². The lowest BCUT2D eigenvalue weighted by molar-refractivity contribution is 0.0529. The molecule has 0 amide bonds. The van der Waals surface area contributed by atoms with Crippen molar-refractivity contribution in [3.05, 3.63) is 11.3 Å². The highest BCUT2D eigenvalue weighted by Gasteiger charge is 2.23. The number of nitrogens with zero attached hydrogens (tertiary/aromatic N) is 2. The van der Waals surface area contributed by atoms with Crippen molar-refractivity contribution >= 4 is 5.82 Å². The molecular weight excluding hydrogens is 172 g/mol. The molecule has 0 spiro atoms. The van der Waals surface area contributed by atoms with Gasteiger partial charge in [0.05, 0.1) is 6.07 Å². The first kappa shape index (κ1) is 9.51. The van der Waals surface area contributed by atoms with Gasteiger partial charge in [0.25, 0.3) is 0 Å². The third-order valence-corrected chi connectivity index (χ3v) is 1.75. The topological polar surface area (TPSA) is 119 Å². The number of aliphatic hydroxyl groups excluding tert-OH is 2. The van der Waals surface area contributed by atoms with E-state index in [0.29, 0.717) is 5.69 Å². The van der Waals surface area contributed by atoms with Crippen LogP contribution < -0.4 is 5.73 Å². The lowest BCUT2D eigenvalue weighted by atomic mass is 10.1. The van der Waals surface area contributed by atoms with Crippen molar-refractivity contribution in [1.82, 2.24) is 10.2 Å². The number of aryl methyl sites for hydroxylation is 1. The molecule has 13 heavy (non-hydrogen) atoms. The van der Waals surface area contributed by atoms with Gasteiger partial charge in [0.1, 0.15) is 6.10 Å². The average molecular weight is 182 g/mol. The van der Waals surface area contributed by atoms with E-state index in [4.69, 9.17) is 16.1 Å². The van der Waals surface area contributed by atoms with Crippen LogP contribution in [-0.4, -0.2) is 26.5 Å². The summed E-state index contributed by atoms with van der Waals surface area (Å²) >= 11 is 0. The van der Waals surface area contributed by atoms with Gasteiger partial charge < -0.3 is 15.9 Å². The normalized spacial score (nSPS) is 14.9. The van der Waals surface area contributed by atoms with Gasteiger partial charge in [-0.1, -0.05) is 0 Å². The van der Waals surface area contributed by atoms with Crippen LogP contribution in [0.15, 0.2) is 0 Å². The van der Waals surface area contributed by atoms with E-state index >= 15 is 0 Å². The minimum absolute atomic E-state index is 0.0966. The van der Waals surface area contributed by atoms with E-state index in [0.717, 1.165) is 0 Å². The molecule has 0 aliphatic rings. The zero-order valence-electron chi connectivity index (χ0n) is 7.02. The molecule has 5 N–H and O–H groups in total. The fraction of sp³-hybridized carbons (Fsp3) is 0.429. The maximum absolute atomic E-state index is 9.43. The first-order valence-electron chi connectivity index (χ1n) is 3.64. The molecule has 0 saturated carbocycles. The second-order valence-electron chi connectivity index (χ2n) is 2.67. The second kappa shape index (κ2) is 3.43. The highest BCUT2D eigenvalue weighted by Crippen LogP contribution is 2.23. The van der Waals surface area contributed by atoms with Gasteiger partial charge in [-0.25, -0.2) is 0 Å². The van der Waals surface area contributed by atoms with Gasteiger partial charge in [0, 0.05) is 11.3 Å². The first-order valence-corrected chi connectivity index (χ1v) is 3.64. The summed E-state index contributed by atoms with van der Waals surface area (Å²) in [5, 5.41) is 33.0. The Labute approximate surface area is 74.6 Å². The van der Waals surface area contributed by atoms with Crippen LogP contribution in [-0.2, 0) is 0 Å². The molecule has 1 aromatic rings. The SMILES string of the molecule is Cc1[nH]nc(N)c1C(O)C(O)C#N. The summed E-state index contributed by atoms with van der Waals surface area (Å²) < 4.78 is 0. The van der Waals surface area contributed by atoms with Crippen LogP contribution in [0.5, 0.6) is 0 Å². The maximum Gasteiger partial charge on any atom is 0.170 e. The molecule has 0 saturated heterocycles. The zero-order chi connectivity index (χ0) is 10.0. The van der Waals surface area contributed by atoms with E-state index in [9.17, 15) is 5.11 Å². The molecule has 2 atom stereocenters. The third-order valence-electron chi connectivity index (χ3n) is 1.75. The Kier molecular flexibility index (Phi) is 2.51. The number of aliphatic hydroxyl groups is 2. The van der Waals surface area contributed by atoms with Crippen LogP contribution in [0, 0.1) is 18.3 Å². The molecule has 1 heterocycles. The van der Waals surface area contributed by atoms with Crippen molar-refractivity contribution in [2.24, 2.45) is 0 Å². The van der Waals surface area contributed by atoms with E-state index < -0.39 is 12.2 Å². The van der Waals surface area contributed by atoms with Gasteiger partial charge in [0.2, 0.25) is 0 Å². The minimum atomic E-state index is -1.49. The van der Waals surface area contributed by atoms with Crippen molar-refractivity contribution in [3.63, 3.8) is 0 Å². The quantitative estimate of drug-likeness (QED) is 0.447. The van der Waals surface area contributed by atoms with Gasteiger partial charge in [-0.15, -0.1) is 0 Å². The number of nitrogens with one attached hydrogen (secondary N) is 1. The summed E-state index contributed by atoms with van der Waals surface area (Å²) in [7, 11) is 0. The Morgan fingerprint density at radius 1 is 1.62 bits per heavy atom. The molecule has 0 fully saturated rings. The monoisotopic (exact) mass is 182 g/mol. The molecule has 6 nitrogen and oxygen atoms in total. The molecule has 0 radical (unpaired) electrons. The van der Waals surface area contributed by atoms with Gasteiger partial charge in [0.15, 0.2) is 11.9 Å². The third kappa shape index (κ3) is 1.61. The number of hydrogen-bond donors (Lipinski definition) is 4. The predicted molar refractivity (Wildman–Crippen MR) is 44.3 cm³/mol. The minimum Gasteiger partial charge on any atom is -0.384 e. The number of aromatic nitrogens is 2. The van der Waals surface area contributed by atoms with Gasteiger partial charge in [-0.2, -0.15) is 10.4 Å². The number of anilines is 1. The van der Waals surface area contributed by atoms with Gasteiger partial charge in [-0.05, 0) is 6.92 Å². The van der Waals surface area contributed by atoms with E-state index in [1.54, 1.807) is 6.92 Å². The summed E-state index contributed by atoms with van der Waals surface area (Å²) in [6.45, 7) is 1.64. The van der Waals surface area contributed by atoms with Crippen molar-refractivity contribution in [3.8, 4) is 6.07 Å². The van der Waals surface area contributed by atoms with Gasteiger partial charge in [-0.3, -0.25) is 5.10 Å². The van der Waals surface area contributed by atoms with E-state index in [1.165, 1.54) is 6.07 Å².